The van der Waals surface area contributed by atoms with Crippen molar-refractivity contribution in [1.29, 1.82) is 0 Å². The van der Waals surface area contributed by atoms with Gasteiger partial charge in [0.15, 0.2) is 0 Å². The van der Waals surface area contributed by atoms with E-state index < -0.39 is 7.12 Å². The molecule has 1 aromatic heterocycles. The highest BCUT2D eigenvalue weighted by molar-refractivity contribution is 6.64. The van der Waals surface area contributed by atoms with E-state index in [4.69, 9.17) is 15.0 Å². The lowest BCUT2D eigenvalue weighted by molar-refractivity contribution is 0.00578. The molecule has 1 saturated heterocycles. The average molecular weight is 262 g/mol. The molecule has 0 radical (unpaired) electrons. The number of hydrogen-bond acceptors (Lipinski definition) is 4. The van der Waals surface area contributed by atoms with Crippen molar-refractivity contribution in [3.8, 4) is 0 Å². The van der Waals surface area contributed by atoms with Gasteiger partial charge in [0.1, 0.15) is 0 Å². The average Bonchev–Trinajstić information content (AvgIpc) is 2.47. The minimum Gasteiger partial charge on any atom is -0.399 e. The van der Waals surface area contributed by atoms with Gasteiger partial charge in [-0.3, -0.25) is 4.98 Å². The second kappa shape index (κ2) is 4.49. The van der Waals surface area contributed by atoms with Gasteiger partial charge in [-0.05, 0) is 39.2 Å². The summed E-state index contributed by atoms with van der Waals surface area (Å²) < 4.78 is 12.2. The van der Waals surface area contributed by atoms with Crippen LogP contribution < -0.4 is 11.2 Å². The summed E-state index contributed by atoms with van der Waals surface area (Å²) in [6.07, 6.45) is 3.51. The Morgan fingerprint density at radius 2 is 1.63 bits per heavy atom. The van der Waals surface area contributed by atoms with Gasteiger partial charge < -0.3 is 15.0 Å². The molecule has 4 nitrogen and oxygen atoms in total. The highest BCUT2D eigenvalue weighted by Gasteiger charge is 2.52. The third-order valence-electron chi connectivity index (χ3n) is 4.16. The zero-order chi connectivity index (χ0) is 14.4. The highest BCUT2D eigenvalue weighted by Crippen LogP contribution is 2.37. The van der Waals surface area contributed by atoms with Crippen LogP contribution in [-0.2, 0) is 9.31 Å². The summed E-state index contributed by atoms with van der Waals surface area (Å²) in [5.41, 5.74) is 8.01. The largest absolute Gasteiger partial charge is 0.497 e. The first kappa shape index (κ1) is 14.3. The summed E-state index contributed by atoms with van der Waals surface area (Å²) in [7, 11) is -0.426. The molecule has 1 aliphatic heterocycles. The van der Waals surface area contributed by atoms with Crippen molar-refractivity contribution in [3.63, 3.8) is 0 Å². The van der Waals surface area contributed by atoms with Gasteiger partial charge >= 0.3 is 7.12 Å². The fourth-order valence-electron chi connectivity index (χ4n) is 2.20. The van der Waals surface area contributed by atoms with E-state index in [-0.39, 0.29) is 11.2 Å². The molecule has 2 heterocycles. The minimum atomic E-state index is -0.426. The van der Waals surface area contributed by atoms with E-state index >= 15 is 0 Å². The predicted octanol–water partition coefficient (Wildman–Crippen LogP) is 2.09. The first-order valence-corrected chi connectivity index (χ1v) is 6.74. The number of anilines is 1. The molecule has 0 spiro atoms. The Kier molecular flexibility index (Phi) is 3.39. The standard InChI is InChI=1S/C14H23BN2O2/c1-9(2)10-7-17-8-11(16)12(10)15-18-13(3,4)14(5,6)19-15/h7-9H,16H2,1-6H3. The smallest absolute Gasteiger partial charge is 0.399 e. The van der Waals surface area contributed by atoms with Gasteiger partial charge in [0.2, 0.25) is 0 Å². The van der Waals surface area contributed by atoms with Crippen molar-refractivity contribution in [2.45, 2.75) is 58.7 Å². The maximum absolute atomic E-state index is 6.09. The number of rotatable bonds is 2. The Bertz CT molecular complexity index is 470. The Balaban J connectivity index is 2.45. The van der Waals surface area contributed by atoms with Crippen molar-refractivity contribution in [3.05, 3.63) is 18.0 Å². The summed E-state index contributed by atoms with van der Waals surface area (Å²) in [5, 5.41) is 0. The molecule has 19 heavy (non-hydrogen) atoms. The number of nitrogen functional groups attached to an aromatic ring is 1. The lowest BCUT2D eigenvalue weighted by Gasteiger charge is -2.32. The zero-order valence-electron chi connectivity index (χ0n) is 12.7. The van der Waals surface area contributed by atoms with E-state index in [9.17, 15) is 0 Å². The second-order valence-electron chi connectivity index (χ2n) is 6.47. The SMILES string of the molecule is CC(C)c1cncc(N)c1B1OC(C)(C)C(C)(C)O1. The predicted molar refractivity (Wildman–Crippen MR) is 78.5 cm³/mol. The van der Waals surface area contributed by atoms with Gasteiger partial charge in [-0.15, -0.1) is 0 Å². The molecule has 5 heteroatoms. The summed E-state index contributed by atoms with van der Waals surface area (Å²) in [6, 6.07) is 0. The lowest BCUT2D eigenvalue weighted by atomic mass is 9.73. The van der Waals surface area contributed by atoms with Crippen LogP contribution >= 0.6 is 0 Å². The molecule has 0 aromatic carbocycles. The fraction of sp³-hybridized carbons (Fsp3) is 0.643. The maximum Gasteiger partial charge on any atom is 0.497 e. The van der Waals surface area contributed by atoms with Gasteiger partial charge in [-0.25, -0.2) is 0 Å². The molecule has 0 saturated carbocycles. The molecule has 0 bridgehead atoms. The van der Waals surface area contributed by atoms with Crippen LogP contribution in [0.25, 0.3) is 0 Å². The molecular formula is C14H23BN2O2. The lowest BCUT2D eigenvalue weighted by Crippen LogP contribution is -2.41. The Labute approximate surface area is 115 Å². The van der Waals surface area contributed by atoms with E-state index in [1.807, 2.05) is 33.9 Å². The third kappa shape index (κ3) is 2.37. The van der Waals surface area contributed by atoms with Crippen LogP contribution in [0.3, 0.4) is 0 Å². The number of pyridine rings is 1. The summed E-state index contributed by atoms with van der Waals surface area (Å²) in [6.45, 7) is 12.4. The normalized spacial score (nSPS) is 21.1. The number of nitrogens with zero attached hydrogens (tertiary/aromatic N) is 1. The van der Waals surface area contributed by atoms with E-state index in [2.05, 4.69) is 18.8 Å². The summed E-state index contributed by atoms with van der Waals surface area (Å²) in [5.74, 6) is 0.324. The van der Waals surface area contributed by atoms with E-state index in [0.29, 0.717) is 11.6 Å². The van der Waals surface area contributed by atoms with Gasteiger partial charge in [0, 0.05) is 17.9 Å². The van der Waals surface area contributed by atoms with Crippen LogP contribution in [0.15, 0.2) is 12.4 Å². The van der Waals surface area contributed by atoms with Crippen LogP contribution in [0, 0.1) is 0 Å². The van der Waals surface area contributed by atoms with Crippen LogP contribution in [0.5, 0.6) is 0 Å². The fourth-order valence-corrected chi connectivity index (χ4v) is 2.20. The van der Waals surface area contributed by atoms with Crippen LogP contribution in [0.1, 0.15) is 53.0 Å². The molecule has 104 valence electrons. The molecule has 2 N–H and O–H groups in total. The van der Waals surface area contributed by atoms with E-state index in [0.717, 1.165) is 11.0 Å². The van der Waals surface area contributed by atoms with Crippen molar-refractivity contribution in [1.82, 2.24) is 4.98 Å². The Hall–Kier alpha value is -1.07. The van der Waals surface area contributed by atoms with Crippen molar-refractivity contribution in [2.75, 3.05) is 5.73 Å². The number of hydrogen-bond donors (Lipinski definition) is 1. The van der Waals surface area contributed by atoms with Gasteiger partial charge in [0.25, 0.3) is 0 Å². The first-order valence-electron chi connectivity index (χ1n) is 6.74. The molecular weight excluding hydrogens is 239 g/mol. The third-order valence-corrected chi connectivity index (χ3v) is 4.16. The maximum atomic E-state index is 6.09. The van der Waals surface area contributed by atoms with Gasteiger partial charge in [-0.1, -0.05) is 13.8 Å². The second-order valence-corrected chi connectivity index (χ2v) is 6.47. The zero-order valence-corrected chi connectivity index (χ0v) is 12.7. The van der Waals surface area contributed by atoms with Crippen LogP contribution in [0.4, 0.5) is 5.69 Å². The quantitative estimate of drug-likeness (QED) is 0.829. The van der Waals surface area contributed by atoms with Crippen LogP contribution in [-0.4, -0.2) is 23.3 Å². The molecule has 0 aliphatic carbocycles. The Morgan fingerprint density at radius 3 is 2.11 bits per heavy atom. The monoisotopic (exact) mass is 262 g/mol. The van der Waals surface area contributed by atoms with Crippen molar-refractivity contribution < 1.29 is 9.31 Å². The molecule has 0 amide bonds. The molecule has 0 unspecified atom stereocenters. The Morgan fingerprint density at radius 1 is 1.11 bits per heavy atom. The minimum absolute atomic E-state index is 0.324. The molecule has 2 rings (SSSR count). The molecule has 1 aliphatic rings. The first-order chi connectivity index (χ1) is 8.66. The van der Waals surface area contributed by atoms with Crippen molar-refractivity contribution in [2.24, 2.45) is 0 Å². The summed E-state index contributed by atoms with van der Waals surface area (Å²) >= 11 is 0. The highest BCUT2D eigenvalue weighted by atomic mass is 16.7. The van der Waals surface area contributed by atoms with Gasteiger partial charge in [-0.2, -0.15) is 0 Å². The van der Waals surface area contributed by atoms with Gasteiger partial charge in [0.05, 0.1) is 16.9 Å². The molecule has 1 fully saturated rings. The van der Waals surface area contributed by atoms with E-state index in [1.54, 1.807) is 6.20 Å². The molecule has 0 atom stereocenters. The number of nitrogens with two attached hydrogens (primary N) is 1. The molecule has 1 aromatic rings. The number of aromatic nitrogens is 1. The topological polar surface area (TPSA) is 57.4 Å². The van der Waals surface area contributed by atoms with Crippen molar-refractivity contribution >= 4 is 18.3 Å². The van der Waals surface area contributed by atoms with Crippen LogP contribution in [0.2, 0.25) is 0 Å². The van der Waals surface area contributed by atoms with E-state index in [1.165, 1.54) is 0 Å². The summed E-state index contributed by atoms with van der Waals surface area (Å²) in [4.78, 5) is 4.17.